The molecule has 1 saturated carbocycles. The van der Waals surface area contributed by atoms with Gasteiger partial charge in [0.1, 0.15) is 17.5 Å². The lowest BCUT2D eigenvalue weighted by atomic mass is 9.72. The molecule has 2 fully saturated rings. The van der Waals surface area contributed by atoms with Crippen LogP contribution in [-0.4, -0.2) is 76.1 Å². The minimum atomic E-state index is -0.701. The van der Waals surface area contributed by atoms with Gasteiger partial charge in [-0.05, 0) is 84.5 Å². The van der Waals surface area contributed by atoms with E-state index in [1.165, 1.54) is 19.2 Å². The zero-order valence-electron chi connectivity index (χ0n) is 26.4. The number of carbonyl (C=O) groups is 1. The summed E-state index contributed by atoms with van der Waals surface area (Å²) in [5, 5.41) is 4.63. The van der Waals surface area contributed by atoms with Crippen LogP contribution < -0.4 is 5.73 Å². The Balaban J connectivity index is 1.22. The second-order valence-electron chi connectivity index (χ2n) is 12.4. The van der Waals surface area contributed by atoms with Crippen LogP contribution in [0.5, 0.6) is 0 Å². The molecule has 4 aromatic rings. The SMILES string of the molecule is COC(=O)N(C)[C@@H]1[C@H](N)C[C@H](c2ccncc2Cc2ncc3ccc(-c4c(F)cc(COC5CCOCC5)cc4F)nn23)C[C@@H]1C. The lowest BCUT2D eigenvalue weighted by molar-refractivity contribution is -0.0391. The predicted molar refractivity (Wildman–Crippen MR) is 167 cm³/mol. The molecule has 0 radical (unpaired) electrons. The van der Waals surface area contributed by atoms with Crippen LogP contribution in [-0.2, 0) is 27.2 Å². The highest BCUT2D eigenvalue weighted by Gasteiger charge is 2.39. The first-order valence-corrected chi connectivity index (χ1v) is 15.7. The summed E-state index contributed by atoms with van der Waals surface area (Å²) < 4.78 is 48.5. The van der Waals surface area contributed by atoms with Crippen molar-refractivity contribution in [3.8, 4) is 11.3 Å². The number of nitrogens with two attached hydrogens (primary N) is 1. The Morgan fingerprint density at radius 2 is 1.89 bits per heavy atom. The average Bonchev–Trinajstić information content (AvgIpc) is 3.45. The summed E-state index contributed by atoms with van der Waals surface area (Å²) in [4.78, 5) is 22.8. The summed E-state index contributed by atoms with van der Waals surface area (Å²) in [6.07, 6.45) is 8.37. The van der Waals surface area contributed by atoms with Gasteiger partial charge in [-0.2, -0.15) is 5.10 Å². The van der Waals surface area contributed by atoms with Crippen LogP contribution in [0.2, 0.25) is 0 Å². The third kappa shape index (κ3) is 6.60. The van der Waals surface area contributed by atoms with Gasteiger partial charge in [0.2, 0.25) is 0 Å². The van der Waals surface area contributed by atoms with Crippen molar-refractivity contribution in [3.63, 3.8) is 0 Å². The van der Waals surface area contributed by atoms with Gasteiger partial charge < -0.3 is 24.8 Å². The van der Waals surface area contributed by atoms with Crippen LogP contribution in [0.15, 0.2) is 48.9 Å². The highest BCUT2D eigenvalue weighted by Crippen LogP contribution is 2.39. The molecule has 2 N–H and O–H groups in total. The molecule has 1 amide bonds. The summed E-state index contributed by atoms with van der Waals surface area (Å²) in [7, 11) is 3.10. The van der Waals surface area contributed by atoms with Gasteiger partial charge in [-0.25, -0.2) is 23.1 Å². The van der Waals surface area contributed by atoms with Crippen molar-refractivity contribution in [2.45, 2.75) is 69.7 Å². The lowest BCUT2D eigenvalue weighted by Crippen LogP contribution is -2.55. The van der Waals surface area contributed by atoms with Gasteiger partial charge in [-0.15, -0.1) is 0 Å². The molecule has 3 aromatic heterocycles. The molecule has 0 bridgehead atoms. The maximum atomic E-state index is 15.4. The normalized spacial score (nSPS) is 22.2. The molecule has 4 atom stereocenters. The van der Waals surface area contributed by atoms with Gasteiger partial charge in [-0.3, -0.25) is 4.98 Å². The number of carbonyl (C=O) groups excluding carboxylic acids is 1. The topological polar surface area (TPSA) is 117 Å². The Kier molecular flexibility index (Phi) is 9.57. The summed E-state index contributed by atoms with van der Waals surface area (Å²) in [6.45, 7) is 3.49. The number of imidazole rings is 1. The molecule has 6 rings (SSSR count). The molecule has 0 unspecified atom stereocenters. The Morgan fingerprint density at radius 1 is 1.13 bits per heavy atom. The molecule has 2 aliphatic rings. The number of benzene rings is 1. The number of hydrogen-bond acceptors (Lipinski definition) is 8. The van der Waals surface area contributed by atoms with E-state index >= 15 is 8.78 Å². The summed E-state index contributed by atoms with van der Waals surface area (Å²) in [5.41, 5.74) is 9.82. The molecule has 10 nitrogen and oxygen atoms in total. The van der Waals surface area contributed by atoms with Gasteiger partial charge in [0.25, 0.3) is 0 Å². The first-order chi connectivity index (χ1) is 22.2. The van der Waals surface area contributed by atoms with Crippen molar-refractivity contribution in [2.24, 2.45) is 11.7 Å². The van der Waals surface area contributed by atoms with Crippen LogP contribution >= 0.6 is 0 Å². The van der Waals surface area contributed by atoms with E-state index in [0.29, 0.717) is 43.0 Å². The number of ether oxygens (including phenoxy) is 3. The number of methoxy groups -OCH3 is 1. The first kappa shape index (κ1) is 32.0. The van der Waals surface area contributed by atoms with E-state index < -0.39 is 17.7 Å². The highest BCUT2D eigenvalue weighted by atomic mass is 19.1. The van der Waals surface area contributed by atoms with Crippen LogP contribution in [0.25, 0.3) is 16.8 Å². The van der Waals surface area contributed by atoms with Gasteiger partial charge >= 0.3 is 6.09 Å². The molecule has 1 aliphatic carbocycles. The molecule has 4 heterocycles. The van der Waals surface area contributed by atoms with Crippen molar-refractivity contribution >= 4 is 11.6 Å². The number of halogens is 2. The smallest absolute Gasteiger partial charge is 0.409 e. The quantitative estimate of drug-likeness (QED) is 0.279. The van der Waals surface area contributed by atoms with Gasteiger partial charge in [0.05, 0.1) is 48.8 Å². The first-order valence-electron chi connectivity index (χ1n) is 15.7. The highest BCUT2D eigenvalue weighted by molar-refractivity contribution is 5.67. The maximum absolute atomic E-state index is 15.4. The standard InChI is InChI=1S/C34H40F2N6O4/c1-20-12-22(15-29(37)33(20)41(2)34(43)44-3)26-6-9-38-17-23(26)16-31-39-18-24-4-5-30(40-42(24)31)32-27(35)13-21(14-28(32)36)19-46-25-7-10-45-11-8-25/h4-6,9,13-14,17-18,20,22,25,29,33H,7-8,10-12,15-16,19,37H2,1-3H3/t20-,22+,29+,33-/m0/s1. The Morgan fingerprint density at radius 3 is 2.61 bits per heavy atom. The molecular formula is C34H40F2N6O4. The van der Waals surface area contributed by atoms with Crippen molar-refractivity contribution < 1.29 is 27.8 Å². The number of nitrogens with zero attached hydrogens (tertiary/aromatic N) is 5. The van der Waals surface area contributed by atoms with E-state index in [1.54, 1.807) is 41.0 Å². The van der Waals surface area contributed by atoms with Crippen LogP contribution in [0.1, 0.15) is 61.0 Å². The van der Waals surface area contributed by atoms with Gasteiger partial charge in [0, 0.05) is 45.1 Å². The number of rotatable bonds is 8. The van der Waals surface area contributed by atoms with E-state index in [9.17, 15) is 4.79 Å². The van der Waals surface area contributed by atoms with Crippen molar-refractivity contribution in [1.29, 1.82) is 0 Å². The van der Waals surface area contributed by atoms with E-state index in [-0.39, 0.29) is 47.9 Å². The molecule has 0 spiro atoms. The van der Waals surface area contributed by atoms with Crippen LogP contribution in [0, 0.1) is 17.6 Å². The Bertz CT molecular complexity index is 1660. The van der Waals surface area contributed by atoms with Crippen molar-refractivity contribution in [3.05, 3.63) is 83.1 Å². The van der Waals surface area contributed by atoms with E-state index in [4.69, 9.17) is 19.9 Å². The lowest BCUT2D eigenvalue weighted by Gasteiger charge is -2.43. The molecule has 46 heavy (non-hydrogen) atoms. The Hall–Kier alpha value is -4.00. The summed E-state index contributed by atoms with van der Waals surface area (Å²) >= 11 is 0. The number of aromatic nitrogens is 4. The Labute approximate surface area is 266 Å². The van der Waals surface area contributed by atoms with E-state index in [0.717, 1.165) is 30.4 Å². The molecule has 1 saturated heterocycles. The third-order valence-corrected chi connectivity index (χ3v) is 9.34. The monoisotopic (exact) mass is 634 g/mol. The zero-order valence-corrected chi connectivity index (χ0v) is 26.4. The molecular weight excluding hydrogens is 594 g/mol. The zero-order chi connectivity index (χ0) is 32.4. The maximum Gasteiger partial charge on any atom is 0.409 e. The molecule has 12 heteroatoms. The second kappa shape index (κ2) is 13.8. The molecule has 1 aromatic carbocycles. The second-order valence-corrected chi connectivity index (χ2v) is 12.4. The van der Waals surface area contributed by atoms with Crippen LogP contribution in [0.4, 0.5) is 13.6 Å². The minimum Gasteiger partial charge on any atom is -0.453 e. The third-order valence-electron chi connectivity index (χ3n) is 9.34. The number of fused-ring (bicyclic) bond motifs is 1. The van der Waals surface area contributed by atoms with Gasteiger partial charge in [-0.1, -0.05) is 6.92 Å². The fraction of sp³-hybridized carbons (Fsp3) is 0.471. The average molecular weight is 635 g/mol. The van der Waals surface area contributed by atoms with Gasteiger partial charge in [0.15, 0.2) is 0 Å². The largest absolute Gasteiger partial charge is 0.453 e. The van der Waals surface area contributed by atoms with E-state index in [2.05, 4.69) is 22.0 Å². The van der Waals surface area contributed by atoms with E-state index in [1.807, 2.05) is 12.3 Å². The minimum absolute atomic E-state index is 0.0204. The molecule has 1 aliphatic heterocycles. The van der Waals surface area contributed by atoms with Crippen molar-refractivity contribution in [2.75, 3.05) is 27.4 Å². The number of hydrogen-bond donors (Lipinski definition) is 1. The fourth-order valence-corrected chi connectivity index (χ4v) is 7.11. The predicted octanol–water partition coefficient (Wildman–Crippen LogP) is 5.26. The van der Waals surface area contributed by atoms with Crippen LogP contribution in [0.3, 0.4) is 0 Å². The molecule has 244 valence electrons. The number of pyridine rings is 1. The summed E-state index contributed by atoms with van der Waals surface area (Å²) in [5.74, 6) is -0.498. The number of likely N-dealkylation sites (N-methyl/N-ethyl adjacent to an activating group) is 1. The number of amides is 1. The fourth-order valence-electron chi connectivity index (χ4n) is 7.11. The summed E-state index contributed by atoms with van der Waals surface area (Å²) in [6, 6.07) is 7.61. The van der Waals surface area contributed by atoms with Crippen molar-refractivity contribution in [1.82, 2.24) is 24.5 Å².